The van der Waals surface area contributed by atoms with Crippen molar-refractivity contribution in [1.82, 2.24) is 15.5 Å². The van der Waals surface area contributed by atoms with Crippen LogP contribution in [0.1, 0.15) is 39.2 Å². The number of halogens is 4. The Morgan fingerprint density at radius 2 is 1.90 bits per heavy atom. The number of nitrogens with one attached hydrogen (secondary N) is 3. The summed E-state index contributed by atoms with van der Waals surface area (Å²) in [5.41, 5.74) is -4.38. The maximum absolute atomic E-state index is 13.1. The van der Waals surface area contributed by atoms with E-state index in [2.05, 4.69) is 26.6 Å². The molecule has 3 N–H and O–H groups in total. The van der Waals surface area contributed by atoms with Crippen LogP contribution in [0, 0.1) is 0 Å². The minimum atomic E-state index is -5.63. The predicted octanol–water partition coefficient (Wildman–Crippen LogP) is 6.02. The standard InChI is InChI=1S/C26H28BrF3N4O4S/c1-4-12-25(24(35)31-5-2)32-16(3)14-34(25)15-17-10-11-21-19(13-17)22(27)23(38-21)18-8-6-7-9-20(18)33-39(36,37)26(28,29)30/h6-11,13-14,32-33H,4-5,12,15H2,1-3H3,(H,31,35). The molecule has 210 valence electrons. The molecule has 1 aromatic heterocycles. The second-order valence-corrected chi connectivity index (χ2v) is 11.7. The SMILES string of the molecule is CCCC1(C(=O)NCC)NC(C)=CN1Cc1ccc2oc(-c3ccccc3NS(=O)(=O)C(F)(F)F)c(Br)c2c1. The number of amides is 1. The van der Waals surface area contributed by atoms with Gasteiger partial charge in [0, 0.05) is 35.9 Å². The highest BCUT2D eigenvalue weighted by atomic mass is 79.9. The Bertz CT molecular complexity index is 1540. The summed E-state index contributed by atoms with van der Waals surface area (Å²) in [5.74, 6) is 0.0505. The molecule has 0 spiro atoms. The molecular formula is C26H28BrF3N4O4S. The van der Waals surface area contributed by atoms with Crippen molar-refractivity contribution in [3.63, 3.8) is 0 Å². The third-order valence-corrected chi connectivity index (χ3v) is 8.22. The summed E-state index contributed by atoms with van der Waals surface area (Å²) < 4.78 is 70.6. The maximum Gasteiger partial charge on any atom is 0.516 e. The number of benzene rings is 2. The average molecular weight is 629 g/mol. The van der Waals surface area contributed by atoms with Crippen molar-refractivity contribution in [2.75, 3.05) is 11.3 Å². The van der Waals surface area contributed by atoms with Gasteiger partial charge in [0.1, 0.15) is 5.58 Å². The number of fused-ring (bicyclic) bond motifs is 1. The lowest BCUT2D eigenvalue weighted by atomic mass is 10.0. The molecule has 0 saturated heterocycles. The molecule has 0 saturated carbocycles. The molecule has 13 heteroatoms. The number of allylic oxidation sites excluding steroid dienone is 1. The van der Waals surface area contributed by atoms with Crippen molar-refractivity contribution in [3.05, 3.63) is 64.4 Å². The fourth-order valence-electron chi connectivity index (χ4n) is 4.69. The molecule has 4 rings (SSSR count). The largest absolute Gasteiger partial charge is 0.516 e. The van der Waals surface area contributed by atoms with Crippen molar-refractivity contribution >= 4 is 48.5 Å². The van der Waals surface area contributed by atoms with E-state index >= 15 is 0 Å². The van der Waals surface area contributed by atoms with Crippen molar-refractivity contribution in [1.29, 1.82) is 0 Å². The summed E-state index contributed by atoms with van der Waals surface area (Å²) >= 11 is 3.49. The Hall–Kier alpha value is -3.19. The zero-order valence-electron chi connectivity index (χ0n) is 21.4. The molecule has 2 heterocycles. The Kier molecular flexibility index (Phi) is 7.95. The van der Waals surface area contributed by atoms with Gasteiger partial charge in [0.15, 0.2) is 11.4 Å². The van der Waals surface area contributed by atoms with E-state index in [1.807, 2.05) is 44.0 Å². The Morgan fingerprint density at radius 3 is 2.56 bits per heavy atom. The van der Waals surface area contributed by atoms with Crippen LogP contribution >= 0.6 is 15.9 Å². The van der Waals surface area contributed by atoms with Gasteiger partial charge in [-0.15, -0.1) is 0 Å². The van der Waals surface area contributed by atoms with Crippen molar-refractivity contribution in [2.24, 2.45) is 0 Å². The van der Waals surface area contributed by atoms with E-state index in [0.717, 1.165) is 17.7 Å². The summed E-state index contributed by atoms with van der Waals surface area (Å²) in [7, 11) is -5.63. The molecule has 1 unspecified atom stereocenters. The number of furan rings is 1. The summed E-state index contributed by atoms with van der Waals surface area (Å²) in [5, 5.41) is 6.91. The molecule has 1 amide bonds. The van der Waals surface area contributed by atoms with Crippen LogP contribution in [0.5, 0.6) is 0 Å². The Labute approximate surface area is 232 Å². The second-order valence-electron chi connectivity index (χ2n) is 9.21. The highest BCUT2D eigenvalue weighted by Gasteiger charge is 2.47. The maximum atomic E-state index is 13.1. The van der Waals surface area contributed by atoms with E-state index in [0.29, 0.717) is 35.0 Å². The lowest BCUT2D eigenvalue weighted by Crippen LogP contribution is -2.61. The Balaban J connectivity index is 1.71. The molecule has 1 atom stereocenters. The minimum Gasteiger partial charge on any atom is -0.455 e. The average Bonchev–Trinajstić information content (AvgIpc) is 3.35. The number of anilines is 1. The van der Waals surface area contributed by atoms with E-state index < -0.39 is 21.2 Å². The fourth-order valence-corrected chi connectivity index (χ4v) is 5.87. The molecule has 0 radical (unpaired) electrons. The van der Waals surface area contributed by atoms with Gasteiger partial charge >= 0.3 is 15.5 Å². The van der Waals surface area contributed by atoms with Gasteiger partial charge in [0.25, 0.3) is 5.91 Å². The molecule has 0 fully saturated rings. The van der Waals surface area contributed by atoms with Gasteiger partial charge in [0.05, 0.1) is 10.2 Å². The number of sulfonamides is 1. The minimum absolute atomic E-state index is 0.120. The topological polar surface area (TPSA) is 104 Å². The summed E-state index contributed by atoms with van der Waals surface area (Å²) in [6.07, 6.45) is 3.27. The number of alkyl halides is 3. The van der Waals surface area contributed by atoms with Crippen LogP contribution in [-0.4, -0.2) is 36.9 Å². The number of rotatable bonds is 9. The molecule has 1 aliphatic heterocycles. The third kappa shape index (κ3) is 5.46. The van der Waals surface area contributed by atoms with Gasteiger partial charge in [-0.25, -0.2) is 0 Å². The van der Waals surface area contributed by atoms with Gasteiger partial charge in [-0.05, 0) is 66.0 Å². The van der Waals surface area contributed by atoms with Crippen LogP contribution in [0.15, 0.2) is 63.3 Å². The van der Waals surface area contributed by atoms with E-state index in [1.54, 1.807) is 16.9 Å². The molecular weight excluding hydrogens is 601 g/mol. The van der Waals surface area contributed by atoms with E-state index in [4.69, 9.17) is 4.42 Å². The van der Waals surface area contributed by atoms with Gasteiger partial charge in [-0.2, -0.15) is 21.6 Å². The molecule has 2 aromatic carbocycles. The van der Waals surface area contributed by atoms with Crippen LogP contribution < -0.4 is 15.4 Å². The summed E-state index contributed by atoms with van der Waals surface area (Å²) in [4.78, 5) is 15.1. The van der Waals surface area contributed by atoms with Crippen molar-refractivity contribution < 1.29 is 30.8 Å². The first-order chi connectivity index (χ1) is 18.3. The molecule has 8 nitrogen and oxygen atoms in total. The van der Waals surface area contributed by atoms with Crippen LogP contribution in [0.2, 0.25) is 0 Å². The number of nitrogens with zero attached hydrogens (tertiary/aromatic N) is 1. The van der Waals surface area contributed by atoms with Crippen LogP contribution in [0.4, 0.5) is 18.9 Å². The third-order valence-electron chi connectivity index (χ3n) is 6.33. The smallest absolute Gasteiger partial charge is 0.455 e. The van der Waals surface area contributed by atoms with Crippen molar-refractivity contribution in [3.8, 4) is 11.3 Å². The quantitative estimate of drug-likeness (QED) is 0.268. The first kappa shape index (κ1) is 28.8. The predicted molar refractivity (Wildman–Crippen MR) is 147 cm³/mol. The second kappa shape index (κ2) is 10.8. The number of carbonyl (C=O) groups excluding carboxylic acids is 1. The summed E-state index contributed by atoms with van der Waals surface area (Å²) in [6.45, 7) is 6.67. The highest BCUT2D eigenvalue weighted by molar-refractivity contribution is 9.10. The fraction of sp³-hybridized carbons (Fsp3) is 0.346. The van der Waals surface area contributed by atoms with Gasteiger partial charge in [0.2, 0.25) is 0 Å². The van der Waals surface area contributed by atoms with Crippen LogP contribution in [-0.2, 0) is 21.4 Å². The van der Waals surface area contributed by atoms with E-state index in [-0.39, 0.29) is 22.9 Å². The number of para-hydroxylation sites is 1. The highest BCUT2D eigenvalue weighted by Crippen LogP contribution is 2.42. The van der Waals surface area contributed by atoms with Crippen LogP contribution in [0.3, 0.4) is 0 Å². The Morgan fingerprint density at radius 1 is 1.18 bits per heavy atom. The zero-order valence-corrected chi connectivity index (χ0v) is 23.9. The van der Waals surface area contributed by atoms with Gasteiger partial charge < -0.3 is 20.0 Å². The molecule has 3 aromatic rings. The van der Waals surface area contributed by atoms with Crippen LogP contribution in [0.25, 0.3) is 22.3 Å². The number of hydrogen-bond acceptors (Lipinski definition) is 6. The zero-order chi connectivity index (χ0) is 28.6. The van der Waals surface area contributed by atoms with E-state index in [1.165, 1.54) is 18.2 Å². The summed E-state index contributed by atoms with van der Waals surface area (Å²) in [6, 6.07) is 11.1. The van der Waals surface area contributed by atoms with E-state index in [9.17, 15) is 26.4 Å². The number of hydrogen-bond donors (Lipinski definition) is 3. The molecule has 0 bridgehead atoms. The lowest BCUT2D eigenvalue weighted by molar-refractivity contribution is -0.133. The normalized spacial score (nSPS) is 17.7. The van der Waals surface area contributed by atoms with Gasteiger partial charge in [-0.3, -0.25) is 9.52 Å². The van der Waals surface area contributed by atoms with Gasteiger partial charge in [-0.1, -0.05) is 31.5 Å². The number of likely N-dealkylation sites (N-methyl/N-ethyl adjacent to an activating group) is 1. The first-order valence-electron chi connectivity index (χ1n) is 12.2. The number of carbonyl (C=O) groups is 1. The molecule has 39 heavy (non-hydrogen) atoms. The lowest BCUT2D eigenvalue weighted by Gasteiger charge is -2.38. The molecule has 1 aliphatic rings. The first-order valence-corrected chi connectivity index (χ1v) is 14.5. The molecule has 0 aliphatic carbocycles. The van der Waals surface area contributed by atoms with Crippen molar-refractivity contribution in [2.45, 2.75) is 51.3 Å². The monoisotopic (exact) mass is 628 g/mol.